The molecule has 2 heterocycles. The summed E-state index contributed by atoms with van der Waals surface area (Å²) in [7, 11) is 0. The molecule has 2 aromatic carbocycles. The summed E-state index contributed by atoms with van der Waals surface area (Å²) in [5, 5.41) is 7.22. The first-order valence-electron chi connectivity index (χ1n) is 9.04. The normalized spacial score (nSPS) is 10.8. The van der Waals surface area contributed by atoms with Gasteiger partial charge in [-0.1, -0.05) is 29.8 Å². The van der Waals surface area contributed by atoms with E-state index in [1.165, 1.54) is 0 Å². The molecular weight excluding hydrogens is 390 g/mol. The predicted molar refractivity (Wildman–Crippen MR) is 112 cm³/mol. The second-order valence-corrected chi connectivity index (χ2v) is 6.94. The van der Waals surface area contributed by atoms with Gasteiger partial charge in [-0.05, 0) is 47.9 Å². The molecule has 6 nitrogen and oxygen atoms in total. The first-order chi connectivity index (χ1) is 14.1. The largest absolute Gasteiger partial charge is 0.467 e. The lowest BCUT2D eigenvalue weighted by atomic mass is 10.1. The van der Waals surface area contributed by atoms with E-state index in [4.69, 9.17) is 16.0 Å². The lowest BCUT2D eigenvalue weighted by molar-refractivity contribution is -0.116. The predicted octanol–water partition coefficient (Wildman–Crippen LogP) is 4.46. The Morgan fingerprint density at radius 1 is 1.03 bits per heavy atom. The number of nitrogens with one attached hydrogen (secondary N) is 2. The third-order valence-corrected chi connectivity index (χ3v) is 4.73. The average Bonchev–Trinajstić information content (AvgIpc) is 3.37. The van der Waals surface area contributed by atoms with Crippen LogP contribution in [0.5, 0.6) is 0 Å². The number of nitrogens with zero attached hydrogens (tertiary/aromatic N) is 1. The number of para-hydroxylation sites is 1. The Hall–Kier alpha value is -3.51. The summed E-state index contributed by atoms with van der Waals surface area (Å²) in [6.07, 6.45) is 3.39. The van der Waals surface area contributed by atoms with Crippen molar-refractivity contribution in [1.82, 2.24) is 9.88 Å². The second-order valence-electron chi connectivity index (χ2n) is 6.50. The molecule has 0 unspecified atom stereocenters. The first-order valence-corrected chi connectivity index (χ1v) is 9.42. The van der Waals surface area contributed by atoms with Crippen LogP contribution in [-0.2, 0) is 17.9 Å². The fourth-order valence-corrected chi connectivity index (χ4v) is 3.27. The maximum absolute atomic E-state index is 12.6. The van der Waals surface area contributed by atoms with Gasteiger partial charge in [0, 0.05) is 16.7 Å². The molecule has 0 saturated carbocycles. The van der Waals surface area contributed by atoms with Gasteiger partial charge < -0.3 is 19.6 Å². The fourth-order valence-electron chi connectivity index (χ4n) is 3.11. The number of aromatic nitrogens is 1. The summed E-state index contributed by atoms with van der Waals surface area (Å²) in [4.78, 5) is 25.2. The van der Waals surface area contributed by atoms with Crippen LogP contribution in [-0.4, -0.2) is 16.4 Å². The van der Waals surface area contributed by atoms with E-state index in [-0.39, 0.29) is 24.9 Å². The van der Waals surface area contributed by atoms with Gasteiger partial charge in [-0.25, -0.2) is 0 Å². The molecule has 4 aromatic rings. The quantitative estimate of drug-likeness (QED) is 0.495. The highest BCUT2D eigenvalue weighted by Crippen LogP contribution is 2.21. The summed E-state index contributed by atoms with van der Waals surface area (Å²) in [5.74, 6) is 0.113. The lowest BCUT2D eigenvalue weighted by Gasteiger charge is -2.12. The Bertz CT molecular complexity index is 1170. The Balaban J connectivity index is 1.46. The van der Waals surface area contributed by atoms with Gasteiger partial charge in [0.05, 0.1) is 24.1 Å². The Labute approximate surface area is 172 Å². The zero-order chi connectivity index (χ0) is 20.2. The number of fused-ring (bicyclic) bond motifs is 1. The van der Waals surface area contributed by atoms with Gasteiger partial charge in [0.2, 0.25) is 5.91 Å². The van der Waals surface area contributed by atoms with Crippen LogP contribution in [0, 0.1) is 0 Å². The zero-order valence-electron chi connectivity index (χ0n) is 15.4. The molecule has 0 aliphatic rings. The van der Waals surface area contributed by atoms with E-state index in [2.05, 4.69) is 10.6 Å². The van der Waals surface area contributed by atoms with Crippen molar-refractivity contribution >= 4 is 40.0 Å². The first kappa shape index (κ1) is 18.8. The fraction of sp³-hybridized carbons (Fsp3) is 0.0909. The van der Waals surface area contributed by atoms with Gasteiger partial charge in [-0.3, -0.25) is 9.59 Å². The molecule has 146 valence electrons. The Morgan fingerprint density at radius 2 is 1.90 bits per heavy atom. The number of rotatable bonds is 6. The third kappa shape index (κ3) is 4.33. The van der Waals surface area contributed by atoms with Crippen LogP contribution in [0.2, 0.25) is 5.02 Å². The van der Waals surface area contributed by atoms with Gasteiger partial charge in [-0.15, -0.1) is 0 Å². The number of hydrogen-bond donors (Lipinski definition) is 2. The van der Waals surface area contributed by atoms with Crippen LogP contribution in [0.1, 0.15) is 16.1 Å². The minimum absolute atomic E-state index is 0.103. The molecule has 0 aliphatic carbocycles. The zero-order valence-corrected chi connectivity index (χ0v) is 16.1. The van der Waals surface area contributed by atoms with Gasteiger partial charge in [0.1, 0.15) is 12.3 Å². The van der Waals surface area contributed by atoms with Gasteiger partial charge in [-0.2, -0.15) is 0 Å². The molecule has 0 fully saturated rings. The maximum atomic E-state index is 12.6. The van der Waals surface area contributed by atoms with Crippen molar-refractivity contribution in [2.24, 2.45) is 0 Å². The summed E-state index contributed by atoms with van der Waals surface area (Å²) < 4.78 is 7.04. The number of halogens is 1. The minimum Gasteiger partial charge on any atom is -0.467 e. The molecule has 2 aromatic heterocycles. The number of carbonyl (C=O) groups excluding carboxylic acids is 2. The van der Waals surface area contributed by atoms with Crippen molar-refractivity contribution in [3.63, 3.8) is 0 Å². The Morgan fingerprint density at radius 3 is 2.72 bits per heavy atom. The van der Waals surface area contributed by atoms with Crippen molar-refractivity contribution in [3.05, 3.63) is 89.5 Å². The molecule has 0 bridgehead atoms. The van der Waals surface area contributed by atoms with Crippen molar-refractivity contribution in [2.75, 3.05) is 5.32 Å². The van der Waals surface area contributed by atoms with Gasteiger partial charge in [0.25, 0.3) is 5.91 Å². The van der Waals surface area contributed by atoms with Crippen LogP contribution >= 0.6 is 11.6 Å². The highest BCUT2D eigenvalue weighted by Gasteiger charge is 2.14. The van der Waals surface area contributed by atoms with Gasteiger partial charge in [0.15, 0.2) is 0 Å². The number of benzene rings is 2. The molecule has 0 aliphatic heterocycles. The number of amides is 2. The van der Waals surface area contributed by atoms with E-state index >= 15 is 0 Å². The summed E-state index contributed by atoms with van der Waals surface area (Å²) in [5.41, 5.74) is 1.70. The maximum Gasteiger partial charge on any atom is 0.253 e. The molecule has 4 rings (SSSR count). The van der Waals surface area contributed by atoms with Crippen LogP contribution in [0.4, 0.5) is 5.69 Å². The molecule has 0 saturated heterocycles. The van der Waals surface area contributed by atoms with E-state index < -0.39 is 0 Å². The molecule has 0 atom stereocenters. The average molecular weight is 408 g/mol. The summed E-state index contributed by atoms with van der Waals surface area (Å²) >= 11 is 6.07. The van der Waals surface area contributed by atoms with E-state index in [9.17, 15) is 9.59 Å². The molecule has 2 amide bonds. The smallest absolute Gasteiger partial charge is 0.253 e. The van der Waals surface area contributed by atoms with E-state index in [0.717, 1.165) is 10.9 Å². The van der Waals surface area contributed by atoms with Crippen molar-refractivity contribution in [2.45, 2.75) is 13.1 Å². The molecule has 0 spiro atoms. The Kier molecular flexibility index (Phi) is 5.35. The van der Waals surface area contributed by atoms with Crippen LogP contribution in [0.15, 0.2) is 77.5 Å². The molecular formula is C22H18ClN3O3. The van der Waals surface area contributed by atoms with E-state index in [1.807, 2.05) is 35.0 Å². The highest BCUT2D eigenvalue weighted by atomic mass is 35.5. The summed E-state index contributed by atoms with van der Waals surface area (Å²) in [6, 6.07) is 17.9. The van der Waals surface area contributed by atoms with Crippen molar-refractivity contribution in [1.29, 1.82) is 0 Å². The summed E-state index contributed by atoms with van der Waals surface area (Å²) in [6.45, 7) is 0.371. The van der Waals surface area contributed by atoms with Gasteiger partial charge >= 0.3 is 0 Å². The molecule has 29 heavy (non-hydrogen) atoms. The number of hydrogen-bond acceptors (Lipinski definition) is 3. The van der Waals surface area contributed by atoms with Crippen LogP contribution in [0.3, 0.4) is 0 Å². The van der Waals surface area contributed by atoms with Crippen LogP contribution < -0.4 is 10.6 Å². The van der Waals surface area contributed by atoms with Crippen molar-refractivity contribution < 1.29 is 14.0 Å². The van der Waals surface area contributed by atoms with Crippen molar-refractivity contribution in [3.8, 4) is 0 Å². The minimum atomic E-state index is -0.296. The topological polar surface area (TPSA) is 76.3 Å². The second kappa shape index (κ2) is 8.24. The third-order valence-electron chi connectivity index (χ3n) is 4.50. The number of anilines is 1. The number of furan rings is 1. The van der Waals surface area contributed by atoms with Crippen LogP contribution in [0.25, 0.3) is 10.9 Å². The lowest BCUT2D eigenvalue weighted by Crippen LogP contribution is -2.25. The molecule has 2 N–H and O–H groups in total. The molecule has 7 heteroatoms. The number of carbonyl (C=O) groups is 2. The van der Waals surface area contributed by atoms with E-state index in [0.29, 0.717) is 22.0 Å². The van der Waals surface area contributed by atoms with E-state index in [1.54, 1.807) is 42.7 Å². The SMILES string of the molecule is O=C(Cn1ccc2ccc(Cl)cc21)Nc1ccccc1C(=O)NCc1ccco1. The highest BCUT2D eigenvalue weighted by molar-refractivity contribution is 6.31. The molecule has 0 radical (unpaired) electrons. The standard InChI is InChI=1S/C22H18ClN3O3/c23-16-8-7-15-9-10-26(20(15)12-16)14-21(27)25-19-6-2-1-5-18(19)22(28)24-13-17-4-3-11-29-17/h1-12H,13-14H2,(H,24,28)(H,25,27). The monoisotopic (exact) mass is 407 g/mol.